The summed E-state index contributed by atoms with van der Waals surface area (Å²) in [4.78, 5) is 29.2. The van der Waals surface area contributed by atoms with E-state index in [1.807, 2.05) is 60.7 Å². The van der Waals surface area contributed by atoms with E-state index in [1.54, 1.807) is 17.0 Å². The van der Waals surface area contributed by atoms with E-state index in [1.165, 1.54) is 11.8 Å². The standard InChI is InChI=1S/C30H31Cl3N2O2S/c31-24-13-10-22(11-14-24)19-38-20-29(36)35(18-23-12-15-25(32)17-27(23)33)28(16-21-6-2-1-3-7-21)30(37)34-26-8-4-5-9-26/h1-3,6-7,10-15,17,26,28H,4-5,8-9,16,18-20H2,(H,34,37)/t28-/m1/s1. The molecule has 0 heterocycles. The summed E-state index contributed by atoms with van der Waals surface area (Å²) >= 11 is 20.2. The van der Waals surface area contributed by atoms with Crippen LogP contribution >= 0.6 is 46.6 Å². The summed E-state index contributed by atoms with van der Waals surface area (Å²) in [5, 5.41) is 4.90. The SMILES string of the molecule is O=C(NC1CCCC1)[C@@H](Cc1ccccc1)N(Cc1ccc(Cl)cc1Cl)C(=O)CSCc1ccc(Cl)cc1. The number of carbonyl (C=O) groups is 2. The Kier molecular flexibility index (Phi) is 10.8. The van der Waals surface area contributed by atoms with Gasteiger partial charge >= 0.3 is 0 Å². The molecule has 0 radical (unpaired) electrons. The summed E-state index contributed by atoms with van der Waals surface area (Å²) in [6.07, 6.45) is 4.57. The molecule has 2 amide bonds. The third-order valence-electron chi connectivity index (χ3n) is 6.74. The molecule has 1 atom stereocenters. The Bertz CT molecular complexity index is 1220. The fraction of sp³-hybridized carbons (Fsp3) is 0.333. The average Bonchev–Trinajstić information content (AvgIpc) is 3.42. The predicted octanol–water partition coefficient (Wildman–Crippen LogP) is 7.58. The number of halogens is 3. The predicted molar refractivity (Wildman–Crippen MR) is 159 cm³/mol. The van der Waals surface area contributed by atoms with Gasteiger partial charge in [0.15, 0.2) is 0 Å². The monoisotopic (exact) mass is 588 g/mol. The maximum absolute atomic E-state index is 13.8. The molecular weight excluding hydrogens is 559 g/mol. The van der Waals surface area contributed by atoms with E-state index >= 15 is 0 Å². The van der Waals surface area contributed by atoms with Crippen LogP contribution in [-0.2, 0) is 28.3 Å². The van der Waals surface area contributed by atoms with Crippen LogP contribution in [0, 0.1) is 0 Å². The smallest absolute Gasteiger partial charge is 0.243 e. The topological polar surface area (TPSA) is 49.4 Å². The number of hydrogen-bond donors (Lipinski definition) is 1. The Balaban J connectivity index is 1.58. The molecule has 1 fully saturated rings. The summed E-state index contributed by atoms with van der Waals surface area (Å²) in [5.74, 6) is 0.658. The summed E-state index contributed by atoms with van der Waals surface area (Å²) in [5.41, 5.74) is 2.83. The van der Waals surface area contributed by atoms with Crippen molar-refractivity contribution >= 4 is 58.4 Å². The van der Waals surface area contributed by atoms with Gasteiger partial charge in [-0.1, -0.05) is 96.2 Å². The zero-order chi connectivity index (χ0) is 26.9. The lowest BCUT2D eigenvalue weighted by molar-refractivity contribution is -0.139. The van der Waals surface area contributed by atoms with Gasteiger partial charge in [-0.2, -0.15) is 0 Å². The van der Waals surface area contributed by atoms with Crippen molar-refractivity contribution in [2.24, 2.45) is 0 Å². The number of nitrogens with zero attached hydrogens (tertiary/aromatic N) is 1. The first kappa shape index (κ1) is 28.8. The van der Waals surface area contributed by atoms with Gasteiger partial charge < -0.3 is 10.2 Å². The Morgan fingerprint density at radius 1 is 0.895 bits per heavy atom. The second-order valence-electron chi connectivity index (χ2n) is 9.57. The summed E-state index contributed by atoms with van der Waals surface area (Å²) in [6, 6.07) is 22.1. The molecule has 3 aromatic rings. The number of thioether (sulfide) groups is 1. The summed E-state index contributed by atoms with van der Waals surface area (Å²) in [6.45, 7) is 0.214. The minimum absolute atomic E-state index is 0.113. The fourth-order valence-corrected chi connectivity index (χ4v) is 6.14. The number of benzene rings is 3. The van der Waals surface area contributed by atoms with E-state index in [0.717, 1.165) is 42.4 Å². The molecule has 4 rings (SSSR count). The number of rotatable bonds is 11. The number of amides is 2. The molecule has 38 heavy (non-hydrogen) atoms. The lowest BCUT2D eigenvalue weighted by Gasteiger charge is -2.32. The molecular formula is C30H31Cl3N2O2S. The van der Waals surface area contributed by atoms with E-state index in [-0.39, 0.29) is 30.2 Å². The van der Waals surface area contributed by atoms with Gasteiger partial charge in [0.25, 0.3) is 0 Å². The third-order valence-corrected chi connectivity index (χ3v) is 8.56. The fourth-order valence-electron chi connectivity index (χ4n) is 4.67. The Morgan fingerprint density at radius 2 is 1.58 bits per heavy atom. The molecule has 3 aromatic carbocycles. The second-order valence-corrected chi connectivity index (χ2v) is 11.8. The number of nitrogens with one attached hydrogen (secondary N) is 1. The molecule has 1 aliphatic rings. The molecule has 0 spiro atoms. The largest absolute Gasteiger partial charge is 0.352 e. The van der Waals surface area contributed by atoms with Gasteiger partial charge in [-0.15, -0.1) is 11.8 Å². The molecule has 1 N–H and O–H groups in total. The van der Waals surface area contributed by atoms with Gasteiger partial charge in [0, 0.05) is 39.8 Å². The van der Waals surface area contributed by atoms with Gasteiger partial charge in [-0.05, 0) is 53.8 Å². The highest BCUT2D eigenvalue weighted by atomic mass is 35.5. The summed E-state index contributed by atoms with van der Waals surface area (Å²) in [7, 11) is 0. The van der Waals surface area contributed by atoms with Crippen molar-refractivity contribution in [2.45, 2.75) is 56.5 Å². The van der Waals surface area contributed by atoms with Crippen LogP contribution in [0.15, 0.2) is 72.8 Å². The van der Waals surface area contributed by atoms with Crippen LogP contribution in [0.1, 0.15) is 42.4 Å². The third kappa shape index (κ3) is 8.41. The number of hydrogen-bond acceptors (Lipinski definition) is 3. The van der Waals surface area contributed by atoms with Crippen LogP contribution in [0.4, 0.5) is 0 Å². The zero-order valence-corrected chi connectivity index (χ0v) is 24.1. The highest BCUT2D eigenvalue weighted by Gasteiger charge is 2.32. The lowest BCUT2D eigenvalue weighted by Crippen LogP contribution is -2.52. The minimum atomic E-state index is -0.673. The highest BCUT2D eigenvalue weighted by Crippen LogP contribution is 2.26. The maximum Gasteiger partial charge on any atom is 0.243 e. The Morgan fingerprint density at radius 3 is 2.26 bits per heavy atom. The quantitative estimate of drug-likeness (QED) is 0.251. The second kappa shape index (κ2) is 14.3. The van der Waals surface area contributed by atoms with Crippen LogP contribution in [0.5, 0.6) is 0 Å². The minimum Gasteiger partial charge on any atom is -0.352 e. The van der Waals surface area contributed by atoms with Gasteiger partial charge in [0.2, 0.25) is 11.8 Å². The van der Waals surface area contributed by atoms with E-state index in [9.17, 15) is 9.59 Å². The molecule has 200 valence electrons. The van der Waals surface area contributed by atoms with Crippen LogP contribution in [0.25, 0.3) is 0 Å². The van der Waals surface area contributed by atoms with E-state index in [2.05, 4.69) is 5.32 Å². The Labute approximate surface area is 244 Å². The van der Waals surface area contributed by atoms with Crippen molar-refractivity contribution in [3.63, 3.8) is 0 Å². The van der Waals surface area contributed by atoms with Gasteiger partial charge in [-0.3, -0.25) is 9.59 Å². The van der Waals surface area contributed by atoms with Crippen LogP contribution in [0.2, 0.25) is 15.1 Å². The van der Waals surface area contributed by atoms with Crippen molar-refractivity contribution in [2.75, 3.05) is 5.75 Å². The van der Waals surface area contributed by atoms with Crippen molar-refractivity contribution in [1.29, 1.82) is 0 Å². The van der Waals surface area contributed by atoms with Crippen molar-refractivity contribution in [3.8, 4) is 0 Å². The first-order valence-corrected chi connectivity index (χ1v) is 15.1. The molecule has 8 heteroatoms. The van der Waals surface area contributed by atoms with Crippen molar-refractivity contribution in [3.05, 3.63) is 105 Å². The number of carbonyl (C=O) groups excluding carboxylic acids is 2. The van der Waals surface area contributed by atoms with E-state index in [4.69, 9.17) is 34.8 Å². The normalized spacial score (nSPS) is 14.3. The van der Waals surface area contributed by atoms with Crippen molar-refractivity contribution < 1.29 is 9.59 Å². The summed E-state index contributed by atoms with van der Waals surface area (Å²) < 4.78 is 0. The molecule has 0 unspecified atom stereocenters. The molecule has 1 aliphatic carbocycles. The molecule has 4 nitrogen and oxygen atoms in total. The first-order chi connectivity index (χ1) is 18.4. The van der Waals surface area contributed by atoms with Crippen LogP contribution < -0.4 is 5.32 Å². The molecule has 0 aliphatic heterocycles. The van der Waals surface area contributed by atoms with E-state index in [0.29, 0.717) is 27.2 Å². The molecule has 1 saturated carbocycles. The molecule has 0 aromatic heterocycles. The van der Waals surface area contributed by atoms with Crippen LogP contribution in [0.3, 0.4) is 0 Å². The first-order valence-electron chi connectivity index (χ1n) is 12.8. The zero-order valence-electron chi connectivity index (χ0n) is 21.0. The lowest BCUT2D eigenvalue weighted by atomic mass is 10.0. The highest BCUT2D eigenvalue weighted by molar-refractivity contribution is 7.99. The van der Waals surface area contributed by atoms with Gasteiger partial charge in [-0.25, -0.2) is 0 Å². The van der Waals surface area contributed by atoms with Crippen LogP contribution in [-0.4, -0.2) is 34.6 Å². The Hall–Kier alpha value is -2.18. The molecule has 0 bridgehead atoms. The van der Waals surface area contributed by atoms with E-state index < -0.39 is 6.04 Å². The molecule has 0 saturated heterocycles. The van der Waals surface area contributed by atoms with Gasteiger partial charge in [0.05, 0.1) is 5.75 Å². The van der Waals surface area contributed by atoms with Gasteiger partial charge in [0.1, 0.15) is 6.04 Å². The maximum atomic E-state index is 13.8. The van der Waals surface area contributed by atoms with Crippen molar-refractivity contribution in [1.82, 2.24) is 10.2 Å². The average molecular weight is 590 g/mol.